The molecule has 0 amide bonds. The summed E-state index contributed by atoms with van der Waals surface area (Å²) in [5, 5.41) is 2.28. The second-order valence-electron chi connectivity index (χ2n) is 54.7. The standard InChI is InChI=1S/C139H155BN4/c1-128(2,3)86-50-45-83(46-51-86)103-75-94(136(25,26)27)77-110(98-61-54-93(135(22,23)24)79-113(98)139(34,35)36)126(103)143-120-69-85(124-101-62-55-88(130(7,8)9)70-105(101)106-71-89(131(10,11)12)56-63-102(106)124)49-65-114(120)140-115-66-60-96(141-118-67-58-91(133(16,17)18)73-108(118)109-74-92(134(19,20)21)59-68-119(109)141)80-121(115)144(123-82-97(81-122(143)125(123)140)142-116-43-39-37-41-99(116)100-42-38-40-44-117(100)142)127-104(84-47-52-87(53-48-84)129(4,5)6)76-95(137(28,29)30)78-111(127)107-72-90(132(13,14)15)57-64-112(107)138(31,32)33/h37-82,124H,1-36H3/i37D,38D,39D,40D,41D,42D,43D,44D. The highest BCUT2D eigenvalue weighted by atomic mass is 15.2. The van der Waals surface area contributed by atoms with Crippen LogP contribution in [-0.2, 0) is 65.0 Å². The van der Waals surface area contributed by atoms with E-state index in [1.165, 1.54) is 72.3 Å². The molecule has 2 aliphatic heterocycles. The largest absolute Gasteiger partial charge is 0.310 e. The number of hydrogen-bond donors (Lipinski definition) is 0. The second-order valence-corrected chi connectivity index (χ2v) is 54.7. The van der Waals surface area contributed by atoms with Gasteiger partial charge in [-0.15, -0.1) is 0 Å². The molecule has 0 fully saturated rings. The van der Waals surface area contributed by atoms with Crippen LogP contribution in [0.1, 0.15) is 350 Å². The molecule has 144 heavy (non-hydrogen) atoms. The molecule has 0 saturated carbocycles. The number of rotatable bonds is 9. The van der Waals surface area contributed by atoms with Gasteiger partial charge in [-0.1, -0.05) is 437 Å². The van der Waals surface area contributed by atoms with Gasteiger partial charge >= 0.3 is 0 Å². The SMILES string of the molecule is [2H]c1c([2H])c([2H])c2c(c1[2H])c1c([2H])c([2H])c([2H])c([2H])c1n2-c1cc2c3c(c1)N(c1c(-c4ccc(C(C)(C)C)cc4)cc(C(C)(C)C)cc1-c1cc(C(C)(C)C)ccc1C(C)(C)C)c1cc(-n4c5ccc(C(C)(C)C)cc5c5cc(C(C)(C)C)ccc54)ccc1B3c1ccc(C3c4ccc(C(C)(C)C)cc4-c4cc(C(C)(C)C)ccc43)cc1N2c1c(-c2ccc(C(C)(C)C)cc2)cc(C(C)(C)C)cc1-c1ccc(C(C)(C)C)cc1C(C)(C)C. The lowest BCUT2D eigenvalue weighted by molar-refractivity contribution is 0.569. The van der Waals surface area contributed by atoms with Crippen molar-refractivity contribution in [2.75, 3.05) is 9.80 Å². The lowest BCUT2D eigenvalue weighted by Gasteiger charge is -2.46. The van der Waals surface area contributed by atoms with Gasteiger partial charge in [-0.2, -0.15) is 0 Å². The van der Waals surface area contributed by atoms with Gasteiger partial charge < -0.3 is 18.9 Å². The van der Waals surface area contributed by atoms with Crippen LogP contribution in [0.4, 0.5) is 34.1 Å². The molecule has 4 heterocycles. The molecule has 0 spiro atoms. The topological polar surface area (TPSA) is 16.3 Å². The van der Waals surface area contributed by atoms with Crippen LogP contribution in [0, 0.1) is 0 Å². The third kappa shape index (κ3) is 17.1. The zero-order valence-corrected chi connectivity index (χ0v) is 92.9. The number of fused-ring (bicyclic) bond motifs is 13. The maximum Gasteiger partial charge on any atom is 0.252 e. The van der Waals surface area contributed by atoms with E-state index in [4.69, 9.17) is 0 Å². The summed E-state index contributed by atoms with van der Waals surface area (Å²) >= 11 is 0. The van der Waals surface area contributed by atoms with E-state index in [2.05, 4.69) is 494 Å². The van der Waals surface area contributed by atoms with Crippen molar-refractivity contribution in [2.24, 2.45) is 0 Å². The molecular formula is C139H155BN4. The smallest absolute Gasteiger partial charge is 0.252 e. The Morgan fingerprint density at radius 1 is 0.222 bits per heavy atom. The van der Waals surface area contributed by atoms with Crippen LogP contribution >= 0.6 is 0 Å². The number of anilines is 6. The van der Waals surface area contributed by atoms with Crippen LogP contribution in [-0.4, -0.2) is 15.8 Å². The summed E-state index contributed by atoms with van der Waals surface area (Å²) < 4.78 is 86.4. The van der Waals surface area contributed by atoms with Gasteiger partial charge in [0.1, 0.15) is 0 Å². The monoisotopic (exact) mass is 1900 g/mol. The van der Waals surface area contributed by atoms with E-state index < -0.39 is 76.7 Å². The molecule has 0 N–H and O–H groups in total. The summed E-state index contributed by atoms with van der Waals surface area (Å²) in [6.45, 7) is 82.8. The summed E-state index contributed by atoms with van der Waals surface area (Å²) in [6.07, 6.45) is 0. The third-order valence-corrected chi connectivity index (χ3v) is 31.7. The van der Waals surface area contributed by atoms with Gasteiger partial charge in [-0.3, -0.25) is 0 Å². The minimum absolute atomic E-state index is 0.0124. The van der Waals surface area contributed by atoms with Crippen molar-refractivity contribution in [3.8, 4) is 67.0 Å². The van der Waals surface area contributed by atoms with Crippen molar-refractivity contribution in [3.05, 3.63) is 362 Å². The third-order valence-electron chi connectivity index (χ3n) is 31.7. The lowest BCUT2D eigenvalue weighted by atomic mass is 9.33. The van der Waals surface area contributed by atoms with Gasteiger partial charge in [0.15, 0.2) is 0 Å². The highest BCUT2D eigenvalue weighted by Gasteiger charge is 2.49. The summed E-state index contributed by atoms with van der Waals surface area (Å²) in [7, 11) is 0. The van der Waals surface area contributed by atoms with Crippen LogP contribution in [0.25, 0.3) is 111 Å². The fourth-order valence-corrected chi connectivity index (χ4v) is 22.9. The maximum absolute atomic E-state index is 10.8. The fraction of sp³-hybridized carbons (Fsp3) is 0.353. The Hall–Kier alpha value is -12.4. The van der Waals surface area contributed by atoms with E-state index in [-0.39, 0.29) is 71.0 Å². The van der Waals surface area contributed by atoms with E-state index in [1.54, 1.807) is 4.57 Å². The molecule has 734 valence electrons. The molecule has 0 unspecified atom stereocenters. The Labute approximate surface area is 874 Å². The molecule has 0 radical (unpaired) electrons. The number of nitrogens with zero attached hydrogens (tertiary/aromatic N) is 4. The second kappa shape index (κ2) is 33.6. The normalized spacial score (nSPS) is 15.0. The summed E-state index contributed by atoms with van der Waals surface area (Å²) in [4.78, 5) is 5.25. The molecule has 15 aromatic carbocycles. The minimum atomic E-state index is -0.639. The molecule has 5 heteroatoms. The van der Waals surface area contributed by atoms with Gasteiger partial charge in [-0.25, -0.2) is 0 Å². The van der Waals surface area contributed by atoms with Gasteiger partial charge in [0.05, 0.1) is 50.1 Å². The van der Waals surface area contributed by atoms with Crippen molar-refractivity contribution >= 4 is 101 Å². The number of hydrogen-bond acceptors (Lipinski definition) is 2. The minimum Gasteiger partial charge on any atom is -0.310 e. The molecule has 0 saturated heterocycles. The Balaban J connectivity index is 1.08. The zero-order chi connectivity index (χ0) is 110. The molecule has 17 aromatic rings. The van der Waals surface area contributed by atoms with Gasteiger partial charge in [0.2, 0.25) is 0 Å². The maximum atomic E-state index is 10.8. The van der Waals surface area contributed by atoms with Gasteiger partial charge in [0, 0.05) is 78.2 Å². The molecule has 1 aliphatic carbocycles. The van der Waals surface area contributed by atoms with Gasteiger partial charge in [0.25, 0.3) is 6.71 Å². The van der Waals surface area contributed by atoms with Gasteiger partial charge in [-0.05, 0) is 289 Å². The van der Waals surface area contributed by atoms with E-state index in [0.717, 1.165) is 145 Å². The van der Waals surface area contributed by atoms with Crippen LogP contribution in [0.15, 0.2) is 279 Å². The van der Waals surface area contributed by atoms with Crippen LogP contribution in [0.3, 0.4) is 0 Å². The number of para-hydroxylation sites is 2. The zero-order valence-electron chi connectivity index (χ0n) is 101. The molecule has 20 rings (SSSR count). The Kier molecular flexibility index (Phi) is 20.8. The summed E-state index contributed by atoms with van der Waals surface area (Å²) in [5.74, 6) is -0.284. The Morgan fingerprint density at radius 2 is 0.549 bits per heavy atom. The van der Waals surface area contributed by atoms with Crippen molar-refractivity contribution in [3.63, 3.8) is 0 Å². The average Bonchev–Trinajstić information content (AvgIpc) is 1.10. The van der Waals surface area contributed by atoms with E-state index in [1.807, 2.05) is 0 Å². The van der Waals surface area contributed by atoms with Crippen LogP contribution < -0.4 is 26.2 Å². The summed E-state index contributed by atoms with van der Waals surface area (Å²) in [6, 6.07) is 87.6. The Morgan fingerprint density at radius 3 is 0.965 bits per heavy atom. The highest BCUT2D eigenvalue weighted by Crippen LogP contribution is 2.60. The quantitative estimate of drug-likeness (QED) is 0.134. The molecule has 3 aliphatic rings. The first-order valence-corrected chi connectivity index (χ1v) is 52.7. The van der Waals surface area contributed by atoms with E-state index in [0.29, 0.717) is 5.69 Å². The first kappa shape index (κ1) is 89.2. The summed E-state index contributed by atoms with van der Waals surface area (Å²) in [5.41, 5.74) is 36.3. The average molecular weight is 1900 g/mol. The first-order valence-electron chi connectivity index (χ1n) is 56.7. The van der Waals surface area contributed by atoms with Crippen molar-refractivity contribution in [1.82, 2.24) is 9.13 Å². The predicted octanol–water partition coefficient (Wildman–Crippen LogP) is 37.4. The lowest BCUT2D eigenvalue weighted by Crippen LogP contribution is -2.61. The van der Waals surface area contributed by atoms with Crippen molar-refractivity contribution in [2.45, 2.75) is 320 Å². The molecular weight excluding hydrogens is 1740 g/mol. The number of aromatic nitrogens is 2. The molecule has 2 aromatic heterocycles. The predicted molar refractivity (Wildman–Crippen MR) is 628 cm³/mol. The van der Waals surface area contributed by atoms with Crippen LogP contribution in [0.2, 0.25) is 0 Å². The highest BCUT2D eigenvalue weighted by molar-refractivity contribution is 7.00. The molecule has 4 nitrogen and oxygen atoms in total. The molecule has 0 atom stereocenters. The first-order chi connectivity index (χ1) is 70.3. The van der Waals surface area contributed by atoms with Crippen molar-refractivity contribution in [1.29, 1.82) is 0 Å². The van der Waals surface area contributed by atoms with Crippen LogP contribution in [0.5, 0.6) is 0 Å². The molecule has 0 bridgehead atoms. The fourth-order valence-electron chi connectivity index (χ4n) is 22.9. The number of benzene rings is 15. The van der Waals surface area contributed by atoms with E-state index >= 15 is 0 Å². The Bertz CT molecular complexity index is 8390. The van der Waals surface area contributed by atoms with E-state index in [9.17, 15) is 11.0 Å². The van der Waals surface area contributed by atoms with Crippen molar-refractivity contribution < 1.29 is 11.0 Å².